The topological polar surface area (TPSA) is 38.4 Å². The third kappa shape index (κ3) is 2.58. The zero-order valence-electron chi connectivity index (χ0n) is 6.88. The molecule has 0 spiro atoms. The lowest BCUT2D eigenvalue weighted by atomic mass is 10.4. The molecule has 0 bridgehead atoms. The number of rotatable bonds is 3. The van der Waals surface area contributed by atoms with Gasteiger partial charge in [0.25, 0.3) is 0 Å². The maximum atomic E-state index is 5.69. The second kappa shape index (κ2) is 3.37. The lowest BCUT2D eigenvalue weighted by Crippen LogP contribution is -2.13. The molecule has 0 heterocycles. The van der Waals surface area contributed by atoms with Crippen molar-refractivity contribution in [3.63, 3.8) is 0 Å². The summed E-state index contributed by atoms with van der Waals surface area (Å²) in [6.07, 6.45) is 5.99. The fraction of sp³-hybridized carbons (Fsp3) is 0.444. The van der Waals surface area contributed by atoms with E-state index in [1.807, 2.05) is 13.0 Å². The molecule has 0 aromatic carbocycles. The van der Waals surface area contributed by atoms with Crippen LogP contribution in [0.15, 0.2) is 29.4 Å². The molecule has 60 valence electrons. The van der Waals surface area contributed by atoms with Gasteiger partial charge in [-0.05, 0) is 25.8 Å². The van der Waals surface area contributed by atoms with Crippen LogP contribution in [-0.2, 0) is 0 Å². The summed E-state index contributed by atoms with van der Waals surface area (Å²) in [6.45, 7) is 5.51. The number of nitrogens with two attached hydrogens (primary N) is 1. The van der Waals surface area contributed by atoms with Gasteiger partial charge in [-0.1, -0.05) is 12.7 Å². The standard InChI is InChI=1S/C9H14N2/c1-3-4-7(2)11-9(10)8-5-6-8/h3-4,8H,1,5-6H2,2H3,(H2,10,11)/b7-4-. The Morgan fingerprint density at radius 1 is 1.64 bits per heavy atom. The van der Waals surface area contributed by atoms with Gasteiger partial charge in [0.15, 0.2) is 0 Å². The molecule has 1 saturated carbocycles. The Bertz CT molecular complexity index is 210. The molecule has 0 aliphatic heterocycles. The Hall–Kier alpha value is -1.05. The summed E-state index contributed by atoms with van der Waals surface area (Å²) in [7, 11) is 0. The van der Waals surface area contributed by atoms with Gasteiger partial charge in [-0.15, -0.1) is 0 Å². The highest BCUT2D eigenvalue weighted by Gasteiger charge is 2.25. The molecule has 1 fully saturated rings. The van der Waals surface area contributed by atoms with Gasteiger partial charge >= 0.3 is 0 Å². The van der Waals surface area contributed by atoms with Crippen LogP contribution in [0.4, 0.5) is 0 Å². The van der Waals surface area contributed by atoms with Crippen molar-refractivity contribution in [3.05, 3.63) is 24.4 Å². The van der Waals surface area contributed by atoms with E-state index in [0.717, 1.165) is 11.5 Å². The van der Waals surface area contributed by atoms with Crippen molar-refractivity contribution in [1.82, 2.24) is 0 Å². The van der Waals surface area contributed by atoms with Crippen LogP contribution in [0.25, 0.3) is 0 Å². The summed E-state index contributed by atoms with van der Waals surface area (Å²) in [4.78, 5) is 4.21. The molecule has 0 amide bonds. The van der Waals surface area contributed by atoms with Crippen molar-refractivity contribution in [2.75, 3.05) is 0 Å². The molecule has 0 unspecified atom stereocenters. The van der Waals surface area contributed by atoms with Crippen LogP contribution in [0, 0.1) is 5.92 Å². The van der Waals surface area contributed by atoms with Gasteiger partial charge < -0.3 is 5.73 Å². The van der Waals surface area contributed by atoms with Gasteiger partial charge in [0, 0.05) is 11.6 Å². The molecule has 0 radical (unpaired) electrons. The number of hydrogen-bond acceptors (Lipinski definition) is 1. The van der Waals surface area contributed by atoms with Crippen molar-refractivity contribution in [2.45, 2.75) is 19.8 Å². The number of allylic oxidation sites excluding steroid dienone is 3. The number of amidine groups is 1. The summed E-state index contributed by atoms with van der Waals surface area (Å²) >= 11 is 0. The van der Waals surface area contributed by atoms with Gasteiger partial charge in [0.2, 0.25) is 0 Å². The summed E-state index contributed by atoms with van der Waals surface area (Å²) in [5, 5.41) is 0. The second-order valence-corrected chi connectivity index (χ2v) is 2.85. The first-order valence-electron chi connectivity index (χ1n) is 3.87. The summed E-state index contributed by atoms with van der Waals surface area (Å²) in [5.74, 6) is 1.34. The SMILES string of the molecule is C=C/C=C(C)\N=C(/N)C1CC1. The highest BCUT2D eigenvalue weighted by atomic mass is 14.9. The predicted molar refractivity (Wildman–Crippen MR) is 48.3 cm³/mol. The van der Waals surface area contributed by atoms with Crippen LogP contribution in [0.5, 0.6) is 0 Å². The molecular weight excluding hydrogens is 136 g/mol. The quantitative estimate of drug-likeness (QED) is 0.372. The molecule has 2 heteroatoms. The minimum atomic E-state index is 0.558. The number of aliphatic imine (C=N–C) groups is 1. The van der Waals surface area contributed by atoms with Crippen molar-refractivity contribution in [2.24, 2.45) is 16.6 Å². The minimum absolute atomic E-state index is 0.558. The highest BCUT2D eigenvalue weighted by Crippen LogP contribution is 2.29. The van der Waals surface area contributed by atoms with Gasteiger partial charge in [0.1, 0.15) is 5.84 Å². The van der Waals surface area contributed by atoms with Crippen molar-refractivity contribution in [3.8, 4) is 0 Å². The monoisotopic (exact) mass is 150 g/mol. The van der Waals surface area contributed by atoms with E-state index in [1.165, 1.54) is 12.8 Å². The van der Waals surface area contributed by atoms with Crippen LogP contribution in [-0.4, -0.2) is 5.84 Å². The molecule has 2 N–H and O–H groups in total. The van der Waals surface area contributed by atoms with E-state index in [4.69, 9.17) is 5.73 Å². The van der Waals surface area contributed by atoms with Gasteiger partial charge in [0.05, 0.1) is 0 Å². The summed E-state index contributed by atoms with van der Waals surface area (Å²) in [5.41, 5.74) is 6.62. The minimum Gasteiger partial charge on any atom is -0.387 e. The van der Waals surface area contributed by atoms with Crippen LogP contribution >= 0.6 is 0 Å². The maximum absolute atomic E-state index is 5.69. The second-order valence-electron chi connectivity index (χ2n) is 2.85. The lowest BCUT2D eigenvalue weighted by Gasteiger charge is -1.95. The third-order valence-electron chi connectivity index (χ3n) is 1.66. The fourth-order valence-corrected chi connectivity index (χ4v) is 0.882. The molecule has 0 saturated heterocycles. The van der Waals surface area contributed by atoms with E-state index in [0.29, 0.717) is 5.92 Å². The normalized spacial score (nSPS) is 20.1. The first kappa shape index (κ1) is 8.05. The van der Waals surface area contributed by atoms with Crippen molar-refractivity contribution in [1.29, 1.82) is 0 Å². The predicted octanol–water partition coefficient (Wildman–Crippen LogP) is 1.84. The Labute approximate surface area is 67.5 Å². The molecule has 0 atom stereocenters. The molecule has 0 aromatic heterocycles. The van der Waals surface area contributed by atoms with Gasteiger partial charge in [-0.3, -0.25) is 0 Å². The lowest BCUT2D eigenvalue weighted by molar-refractivity contribution is 1.13. The number of nitrogens with zero attached hydrogens (tertiary/aromatic N) is 1. The van der Waals surface area contributed by atoms with E-state index >= 15 is 0 Å². The van der Waals surface area contributed by atoms with E-state index in [2.05, 4.69) is 11.6 Å². The average molecular weight is 150 g/mol. The van der Waals surface area contributed by atoms with Gasteiger partial charge in [-0.2, -0.15) is 0 Å². The number of hydrogen-bond donors (Lipinski definition) is 1. The van der Waals surface area contributed by atoms with E-state index in [-0.39, 0.29) is 0 Å². The molecular formula is C9H14N2. The third-order valence-corrected chi connectivity index (χ3v) is 1.66. The molecule has 1 aliphatic rings. The van der Waals surface area contributed by atoms with Crippen LogP contribution in [0.3, 0.4) is 0 Å². The van der Waals surface area contributed by atoms with E-state index in [9.17, 15) is 0 Å². The fourth-order valence-electron chi connectivity index (χ4n) is 0.882. The Balaban J connectivity index is 2.54. The smallest absolute Gasteiger partial charge is 0.102 e. The Morgan fingerprint density at radius 3 is 2.73 bits per heavy atom. The first-order chi connectivity index (χ1) is 5.24. The zero-order chi connectivity index (χ0) is 8.27. The molecule has 0 aromatic rings. The van der Waals surface area contributed by atoms with Crippen LogP contribution in [0.2, 0.25) is 0 Å². The Kier molecular flexibility index (Phi) is 2.47. The van der Waals surface area contributed by atoms with Crippen LogP contribution < -0.4 is 5.73 Å². The maximum Gasteiger partial charge on any atom is 0.102 e. The molecule has 11 heavy (non-hydrogen) atoms. The van der Waals surface area contributed by atoms with Gasteiger partial charge in [-0.25, -0.2) is 4.99 Å². The van der Waals surface area contributed by atoms with E-state index in [1.54, 1.807) is 6.08 Å². The van der Waals surface area contributed by atoms with Crippen molar-refractivity contribution >= 4 is 5.84 Å². The molecule has 1 rings (SSSR count). The van der Waals surface area contributed by atoms with Crippen molar-refractivity contribution < 1.29 is 0 Å². The molecule has 2 nitrogen and oxygen atoms in total. The highest BCUT2D eigenvalue weighted by molar-refractivity contribution is 5.85. The first-order valence-corrected chi connectivity index (χ1v) is 3.87. The van der Waals surface area contributed by atoms with E-state index < -0.39 is 0 Å². The average Bonchev–Trinajstić information content (AvgIpc) is 2.67. The summed E-state index contributed by atoms with van der Waals surface area (Å²) in [6, 6.07) is 0. The zero-order valence-corrected chi connectivity index (χ0v) is 6.88. The largest absolute Gasteiger partial charge is 0.387 e. The Morgan fingerprint density at radius 2 is 2.27 bits per heavy atom. The molecule has 1 aliphatic carbocycles. The van der Waals surface area contributed by atoms with Crippen LogP contribution in [0.1, 0.15) is 19.8 Å². The summed E-state index contributed by atoms with van der Waals surface area (Å²) < 4.78 is 0.